The first-order valence-corrected chi connectivity index (χ1v) is 10.1. The molecule has 2 heterocycles. The van der Waals surface area contributed by atoms with Crippen molar-refractivity contribution in [3.63, 3.8) is 0 Å². The summed E-state index contributed by atoms with van der Waals surface area (Å²) in [7, 11) is 0. The molecule has 3 atom stereocenters. The fourth-order valence-corrected chi connectivity index (χ4v) is 4.60. The van der Waals surface area contributed by atoms with Crippen LogP contribution in [0.2, 0.25) is 0 Å². The van der Waals surface area contributed by atoms with Crippen molar-refractivity contribution in [1.82, 2.24) is 4.90 Å². The highest BCUT2D eigenvalue weighted by Crippen LogP contribution is 2.33. The standard InChI is InChI=1S/C19H25N3O5S/c23-14-22(12-17(28)11-18(22)20-9-3-1-2-4-10-20)19(24)27-13-15-5-7-16(8-6-15)21(25)26/h5-8,14,17-18H,1-4,9-13H2/p+1/t17-,18-,22?/m0/s1. The molecule has 9 heteroatoms. The maximum atomic E-state index is 13.0. The second-order valence-electron chi connectivity index (χ2n) is 7.52. The van der Waals surface area contributed by atoms with Gasteiger partial charge in [-0.15, -0.1) is 4.48 Å². The zero-order valence-electron chi connectivity index (χ0n) is 15.7. The van der Waals surface area contributed by atoms with E-state index < -0.39 is 11.0 Å². The zero-order chi connectivity index (χ0) is 20.1. The third-order valence-electron chi connectivity index (χ3n) is 5.63. The van der Waals surface area contributed by atoms with Crippen LogP contribution in [0.1, 0.15) is 37.7 Å². The molecule has 2 fully saturated rings. The molecule has 8 nitrogen and oxygen atoms in total. The van der Waals surface area contributed by atoms with Crippen LogP contribution < -0.4 is 0 Å². The zero-order valence-corrected chi connectivity index (χ0v) is 16.6. The van der Waals surface area contributed by atoms with Crippen molar-refractivity contribution in [3.05, 3.63) is 39.9 Å². The molecule has 0 aromatic heterocycles. The summed E-state index contributed by atoms with van der Waals surface area (Å²) in [5.74, 6) is 0. The molecule has 28 heavy (non-hydrogen) atoms. The molecule has 0 aliphatic carbocycles. The van der Waals surface area contributed by atoms with Gasteiger partial charge in [-0.25, -0.2) is 4.79 Å². The monoisotopic (exact) mass is 408 g/mol. The SMILES string of the molecule is O=C[N+]1(C(=O)OCc2ccc([N+](=O)[O-])cc2)C[C@@H](S)C[C@H]1N1CCCCCC1. The van der Waals surface area contributed by atoms with Gasteiger partial charge >= 0.3 is 12.5 Å². The van der Waals surface area contributed by atoms with Gasteiger partial charge in [0.1, 0.15) is 13.2 Å². The Morgan fingerprint density at radius 1 is 1.25 bits per heavy atom. The second kappa shape index (κ2) is 9.02. The summed E-state index contributed by atoms with van der Waals surface area (Å²) < 4.78 is 5.09. The Balaban J connectivity index is 1.72. The van der Waals surface area contributed by atoms with Crippen molar-refractivity contribution in [3.8, 4) is 0 Å². The molecule has 3 rings (SSSR count). The van der Waals surface area contributed by atoms with E-state index in [9.17, 15) is 19.7 Å². The minimum Gasteiger partial charge on any atom is -0.415 e. The van der Waals surface area contributed by atoms with E-state index in [4.69, 9.17) is 4.74 Å². The van der Waals surface area contributed by atoms with Crippen molar-refractivity contribution in [2.24, 2.45) is 0 Å². The largest absolute Gasteiger partial charge is 0.525 e. The van der Waals surface area contributed by atoms with Crippen LogP contribution in [0.3, 0.4) is 0 Å². The molecular formula is C19H26N3O5S+. The molecule has 1 aromatic carbocycles. The van der Waals surface area contributed by atoms with Gasteiger partial charge in [0.05, 0.1) is 10.2 Å². The Hall–Kier alpha value is -1.97. The number of non-ortho nitro benzene ring substituents is 1. The third-order valence-corrected chi connectivity index (χ3v) is 6.00. The predicted molar refractivity (Wildman–Crippen MR) is 106 cm³/mol. The van der Waals surface area contributed by atoms with E-state index in [1.807, 2.05) is 0 Å². The topological polar surface area (TPSA) is 89.8 Å². The van der Waals surface area contributed by atoms with Gasteiger partial charge in [0.25, 0.3) is 5.69 Å². The van der Waals surface area contributed by atoms with Crippen LogP contribution in [0.25, 0.3) is 0 Å². The van der Waals surface area contributed by atoms with Crippen LogP contribution in [0, 0.1) is 10.1 Å². The van der Waals surface area contributed by atoms with Crippen molar-refractivity contribution >= 4 is 30.8 Å². The molecule has 2 aliphatic rings. The third kappa shape index (κ3) is 4.37. The summed E-state index contributed by atoms with van der Waals surface area (Å²) in [6.07, 6.45) is 4.98. The Kier molecular flexibility index (Phi) is 6.69. The van der Waals surface area contributed by atoms with E-state index in [0.717, 1.165) is 25.9 Å². The van der Waals surface area contributed by atoms with Crippen LogP contribution in [-0.4, -0.2) is 57.9 Å². The number of hydrogen-bond acceptors (Lipinski definition) is 7. The molecule has 2 amide bonds. The molecule has 2 saturated heterocycles. The number of thiol groups is 1. The first-order chi connectivity index (χ1) is 13.5. The number of carbonyl (C=O) groups is 2. The molecule has 0 radical (unpaired) electrons. The van der Waals surface area contributed by atoms with E-state index in [0.29, 0.717) is 24.9 Å². The molecule has 0 N–H and O–H groups in total. The Bertz CT molecular complexity index is 721. The summed E-state index contributed by atoms with van der Waals surface area (Å²) in [5.41, 5.74) is 0.612. The number of nitro groups is 1. The number of likely N-dealkylation sites (tertiary alicyclic amines) is 2. The summed E-state index contributed by atoms with van der Waals surface area (Å²) in [6, 6.07) is 5.84. The van der Waals surface area contributed by atoms with Crippen LogP contribution in [-0.2, 0) is 16.1 Å². The fourth-order valence-electron chi connectivity index (χ4n) is 4.14. The van der Waals surface area contributed by atoms with Gasteiger partial charge in [-0.3, -0.25) is 15.0 Å². The molecule has 1 aromatic rings. The molecule has 0 saturated carbocycles. The van der Waals surface area contributed by atoms with Crippen LogP contribution in [0.5, 0.6) is 0 Å². The van der Waals surface area contributed by atoms with E-state index in [-0.39, 0.29) is 28.2 Å². The van der Waals surface area contributed by atoms with E-state index in [1.54, 1.807) is 12.1 Å². The van der Waals surface area contributed by atoms with Crippen LogP contribution in [0.4, 0.5) is 10.5 Å². The van der Waals surface area contributed by atoms with Crippen molar-refractivity contribution in [1.29, 1.82) is 0 Å². The van der Waals surface area contributed by atoms with Gasteiger partial charge in [0.15, 0.2) is 6.17 Å². The molecule has 1 unspecified atom stereocenters. The lowest BCUT2D eigenvalue weighted by Crippen LogP contribution is -2.61. The number of rotatable bonds is 5. The summed E-state index contributed by atoms with van der Waals surface area (Å²) >= 11 is 4.56. The maximum absolute atomic E-state index is 13.0. The summed E-state index contributed by atoms with van der Waals surface area (Å²) in [6.45, 7) is 2.02. The van der Waals surface area contributed by atoms with Gasteiger partial charge in [0.2, 0.25) is 0 Å². The lowest BCUT2D eigenvalue weighted by molar-refractivity contribution is -0.800. The normalized spacial score (nSPS) is 28.5. The Morgan fingerprint density at radius 2 is 1.89 bits per heavy atom. The smallest absolute Gasteiger partial charge is 0.415 e. The summed E-state index contributed by atoms with van der Waals surface area (Å²) in [4.78, 5) is 37.6. The lowest BCUT2D eigenvalue weighted by Gasteiger charge is -2.36. The number of carbonyl (C=O) groups excluding carboxylic acids is 2. The highest BCUT2D eigenvalue weighted by Gasteiger charge is 2.55. The molecule has 152 valence electrons. The number of nitrogens with zero attached hydrogens (tertiary/aromatic N) is 3. The highest BCUT2D eigenvalue weighted by molar-refractivity contribution is 7.81. The Labute approximate surface area is 169 Å². The molecular weight excluding hydrogens is 382 g/mol. The number of nitro benzene ring substituents is 1. The van der Waals surface area contributed by atoms with E-state index >= 15 is 0 Å². The minimum atomic E-state index is -0.584. The Morgan fingerprint density at radius 3 is 2.46 bits per heavy atom. The summed E-state index contributed by atoms with van der Waals surface area (Å²) in [5, 5.41) is 10.7. The van der Waals surface area contributed by atoms with Crippen LogP contribution in [0.15, 0.2) is 24.3 Å². The number of imide groups is 1. The molecule has 0 spiro atoms. The van der Waals surface area contributed by atoms with Crippen LogP contribution >= 0.6 is 12.6 Å². The van der Waals surface area contributed by atoms with Crippen molar-refractivity contribution in [2.75, 3.05) is 19.6 Å². The minimum absolute atomic E-state index is 0.0230. The predicted octanol–water partition coefficient (Wildman–Crippen LogP) is 3.11. The average Bonchev–Trinajstić information content (AvgIpc) is 2.86. The second-order valence-corrected chi connectivity index (χ2v) is 8.25. The average molecular weight is 409 g/mol. The van der Waals surface area contributed by atoms with Gasteiger partial charge < -0.3 is 4.74 Å². The number of benzene rings is 1. The van der Waals surface area contributed by atoms with E-state index in [2.05, 4.69) is 17.5 Å². The quantitative estimate of drug-likeness (QED) is 0.265. The number of hydrogen-bond donors (Lipinski definition) is 1. The van der Waals surface area contributed by atoms with Gasteiger partial charge in [-0.1, -0.05) is 12.8 Å². The van der Waals surface area contributed by atoms with E-state index in [1.165, 1.54) is 25.0 Å². The molecule has 2 aliphatic heterocycles. The van der Waals surface area contributed by atoms with Gasteiger partial charge in [-0.05, 0) is 30.5 Å². The highest BCUT2D eigenvalue weighted by atomic mass is 32.1. The van der Waals surface area contributed by atoms with Crippen molar-refractivity contribution in [2.45, 2.75) is 50.1 Å². The first kappa shape index (κ1) is 20.8. The molecule has 0 bridgehead atoms. The number of quaternary nitrogens is 1. The first-order valence-electron chi connectivity index (χ1n) is 9.63. The number of amides is 2. The maximum Gasteiger partial charge on any atom is 0.525 e. The fraction of sp³-hybridized carbons (Fsp3) is 0.579. The van der Waals surface area contributed by atoms with Crippen molar-refractivity contribution < 1.29 is 23.7 Å². The van der Waals surface area contributed by atoms with Gasteiger partial charge in [-0.2, -0.15) is 17.4 Å². The number of ether oxygens (including phenoxy) is 1. The lowest BCUT2D eigenvalue weighted by atomic mass is 10.2. The van der Waals surface area contributed by atoms with Gasteiger partial charge in [0, 0.05) is 31.6 Å².